The zero-order valence-corrected chi connectivity index (χ0v) is 9.09. The van der Waals surface area contributed by atoms with E-state index in [0.717, 1.165) is 5.69 Å². The Bertz CT molecular complexity index is 474. The Morgan fingerprint density at radius 3 is 2.69 bits per heavy atom. The van der Waals surface area contributed by atoms with Crippen LogP contribution in [0.1, 0.15) is 17.3 Å². The molecule has 0 aliphatic heterocycles. The first kappa shape index (κ1) is 10.5. The molecule has 1 aromatic carbocycles. The summed E-state index contributed by atoms with van der Waals surface area (Å²) in [5.41, 5.74) is 1.60. The fourth-order valence-electron chi connectivity index (χ4n) is 1.49. The molecule has 16 heavy (non-hydrogen) atoms. The van der Waals surface area contributed by atoms with Gasteiger partial charge >= 0.3 is 5.97 Å². The highest BCUT2D eigenvalue weighted by Crippen LogP contribution is 2.10. The van der Waals surface area contributed by atoms with Gasteiger partial charge < -0.3 is 9.30 Å². The Morgan fingerprint density at radius 2 is 2.00 bits per heavy atom. The summed E-state index contributed by atoms with van der Waals surface area (Å²) in [4.78, 5) is 11.5. The standard InChI is InChI=1S/C13H13NO2/c1-2-16-13(15)11-8-9-14(10-11)12-6-4-3-5-7-12/h3-10H,2H2,1H3. The van der Waals surface area contributed by atoms with Gasteiger partial charge in [0.15, 0.2) is 0 Å². The third-order valence-electron chi connectivity index (χ3n) is 2.26. The number of ether oxygens (including phenoxy) is 1. The highest BCUT2D eigenvalue weighted by molar-refractivity contribution is 5.89. The van der Waals surface area contributed by atoms with Crippen molar-refractivity contribution in [2.75, 3.05) is 6.61 Å². The summed E-state index contributed by atoms with van der Waals surface area (Å²) >= 11 is 0. The van der Waals surface area contributed by atoms with Gasteiger partial charge in [-0.3, -0.25) is 0 Å². The first-order chi connectivity index (χ1) is 7.81. The van der Waals surface area contributed by atoms with Crippen molar-refractivity contribution in [1.29, 1.82) is 0 Å². The molecule has 1 heterocycles. The average molecular weight is 215 g/mol. The molecule has 0 amide bonds. The number of para-hydroxylation sites is 1. The van der Waals surface area contributed by atoms with Gasteiger partial charge in [0.05, 0.1) is 12.2 Å². The molecule has 1 aromatic heterocycles. The van der Waals surface area contributed by atoms with Crippen LogP contribution in [0.25, 0.3) is 5.69 Å². The van der Waals surface area contributed by atoms with Crippen LogP contribution in [-0.4, -0.2) is 17.1 Å². The lowest BCUT2D eigenvalue weighted by Gasteiger charge is -2.01. The number of esters is 1. The third kappa shape index (κ3) is 2.14. The first-order valence-corrected chi connectivity index (χ1v) is 5.22. The lowest BCUT2D eigenvalue weighted by Crippen LogP contribution is -2.03. The maximum Gasteiger partial charge on any atom is 0.339 e. The quantitative estimate of drug-likeness (QED) is 0.737. The monoisotopic (exact) mass is 215 g/mol. The van der Waals surface area contributed by atoms with Gasteiger partial charge in [0.2, 0.25) is 0 Å². The van der Waals surface area contributed by atoms with Crippen LogP contribution >= 0.6 is 0 Å². The van der Waals surface area contributed by atoms with Crippen LogP contribution in [0.5, 0.6) is 0 Å². The lowest BCUT2D eigenvalue weighted by atomic mass is 10.3. The van der Waals surface area contributed by atoms with E-state index in [1.54, 1.807) is 19.2 Å². The zero-order valence-electron chi connectivity index (χ0n) is 9.09. The first-order valence-electron chi connectivity index (χ1n) is 5.22. The minimum Gasteiger partial charge on any atom is -0.462 e. The van der Waals surface area contributed by atoms with Gasteiger partial charge in [-0.15, -0.1) is 0 Å². The zero-order chi connectivity index (χ0) is 11.4. The average Bonchev–Trinajstić information content (AvgIpc) is 2.80. The number of aromatic nitrogens is 1. The Morgan fingerprint density at radius 1 is 1.25 bits per heavy atom. The van der Waals surface area contributed by atoms with Crippen LogP contribution in [0.4, 0.5) is 0 Å². The van der Waals surface area contributed by atoms with E-state index >= 15 is 0 Å². The number of carbonyl (C=O) groups excluding carboxylic acids is 1. The van der Waals surface area contributed by atoms with Gasteiger partial charge in [-0.2, -0.15) is 0 Å². The van der Waals surface area contributed by atoms with E-state index in [2.05, 4.69) is 0 Å². The Kier molecular flexibility index (Phi) is 3.05. The van der Waals surface area contributed by atoms with Crippen molar-refractivity contribution < 1.29 is 9.53 Å². The summed E-state index contributed by atoms with van der Waals surface area (Å²) in [6.45, 7) is 2.20. The van der Waals surface area contributed by atoms with Crippen molar-refractivity contribution in [3.8, 4) is 5.69 Å². The van der Waals surface area contributed by atoms with E-state index in [9.17, 15) is 4.79 Å². The molecule has 82 valence electrons. The van der Waals surface area contributed by atoms with Gasteiger partial charge in [0.1, 0.15) is 0 Å². The fraction of sp³-hybridized carbons (Fsp3) is 0.154. The van der Waals surface area contributed by atoms with Crippen LogP contribution in [-0.2, 0) is 4.74 Å². The minimum absolute atomic E-state index is 0.280. The molecule has 0 saturated carbocycles. The van der Waals surface area contributed by atoms with Crippen molar-refractivity contribution in [2.45, 2.75) is 6.92 Å². The van der Waals surface area contributed by atoms with Gasteiger partial charge in [0, 0.05) is 18.1 Å². The third-order valence-corrected chi connectivity index (χ3v) is 2.26. The molecule has 2 aromatic rings. The molecule has 2 rings (SSSR count). The highest BCUT2D eigenvalue weighted by atomic mass is 16.5. The van der Waals surface area contributed by atoms with E-state index in [1.165, 1.54) is 0 Å². The maximum atomic E-state index is 11.5. The number of hydrogen-bond donors (Lipinski definition) is 0. The van der Waals surface area contributed by atoms with E-state index in [1.807, 2.05) is 41.1 Å². The van der Waals surface area contributed by atoms with Gasteiger partial charge in [-0.1, -0.05) is 18.2 Å². The topological polar surface area (TPSA) is 31.2 Å². The smallest absolute Gasteiger partial charge is 0.339 e. The van der Waals surface area contributed by atoms with Crippen molar-refractivity contribution in [3.05, 3.63) is 54.4 Å². The van der Waals surface area contributed by atoms with Gasteiger partial charge in [0.25, 0.3) is 0 Å². The minimum atomic E-state index is -0.280. The van der Waals surface area contributed by atoms with Gasteiger partial charge in [-0.05, 0) is 25.1 Å². The van der Waals surface area contributed by atoms with E-state index in [-0.39, 0.29) is 5.97 Å². The molecule has 0 atom stereocenters. The molecule has 0 N–H and O–H groups in total. The number of benzene rings is 1. The molecule has 3 nitrogen and oxygen atoms in total. The Hall–Kier alpha value is -2.03. The molecule has 0 spiro atoms. The second-order valence-corrected chi connectivity index (χ2v) is 3.36. The molecular weight excluding hydrogens is 202 g/mol. The van der Waals surface area contributed by atoms with E-state index < -0.39 is 0 Å². The molecule has 0 radical (unpaired) electrons. The normalized spacial score (nSPS) is 10.1. The van der Waals surface area contributed by atoms with Crippen LogP contribution in [0.15, 0.2) is 48.8 Å². The molecule has 0 fully saturated rings. The summed E-state index contributed by atoms with van der Waals surface area (Å²) in [6, 6.07) is 11.6. The Balaban J connectivity index is 2.23. The van der Waals surface area contributed by atoms with Gasteiger partial charge in [-0.25, -0.2) is 4.79 Å². The molecule has 0 unspecified atom stereocenters. The largest absolute Gasteiger partial charge is 0.462 e. The molecule has 0 saturated heterocycles. The second kappa shape index (κ2) is 4.66. The summed E-state index contributed by atoms with van der Waals surface area (Å²) in [5, 5.41) is 0. The lowest BCUT2D eigenvalue weighted by molar-refractivity contribution is 0.0526. The second-order valence-electron chi connectivity index (χ2n) is 3.36. The van der Waals surface area contributed by atoms with Crippen LogP contribution < -0.4 is 0 Å². The summed E-state index contributed by atoms with van der Waals surface area (Å²) in [5.74, 6) is -0.280. The molecule has 3 heteroatoms. The maximum absolute atomic E-state index is 11.5. The molecular formula is C13H13NO2. The Labute approximate surface area is 94.3 Å². The highest BCUT2D eigenvalue weighted by Gasteiger charge is 2.08. The SMILES string of the molecule is CCOC(=O)c1ccn(-c2ccccc2)c1. The number of nitrogens with zero attached hydrogens (tertiary/aromatic N) is 1. The van der Waals surface area contributed by atoms with Crippen LogP contribution in [0.2, 0.25) is 0 Å². The van der Waals surface area contributed by atoms with Crippen molar-refractivity contribution >= 4 is 5.97 Å². The molecule has 0 aliphatic carbocycles. The summed E-state index contributed by atoms with van der Waals surface area (Å²) in [7, 11) is 0. The number of carbonyl (C=O) groups is 1. The van der Waals surface area contributed by atoms with Crippen LogP contribution in [0.3, 0.4) is 0 Å². The summed E-state index contributed by atoms with van der Waals surface area (Å²) in [6.07, 6.45) is 3.62. The predicted molar refractivity (Wildman–Crippen MR) is 61.7 cm³/mol. The van der Waals surface area contributed by atoms with Crippen molar-refractivity contribution in [3.63, 3.8) is 0 Å². The molecule has 0 bridgehead atoms. The summed E-state index contributed by atoms with van der Waals surface area (Å²) < 4.78 is 6.82. The number of hydrogen-bond acceptors (Lipinski definition) is 2. The van der Waals surface area contributed by atoms with E-state index in [0.29, 0.717) is 12.2 Å². The number of rotatable bonds is 3. The van der Waals surface area contributed by atoms with Crippen LogP contribution in [0, 0.1) is 0 Å². The van der Waals surface area contributed by atoms with E-state index in [4.69, 9.17) is 4.74 Å². The van der Waals surface area contributed by atoms with Crippen molar-refractivity contribution in [1.82, 2.24) is 4.57 Å². The molecule has 0 aliphatic rings. The van der Waals surface area contributed by atoms with Crippen molar-refractivity contribution in [2.24, 2.45) is 0 Å². The fourth-order valence-corrected chi connectivity index (χ4v) is 1.49. The predicted octanol–water partition coefficient (Wildman–Crippen LogP) is 2.65.